The molecule has 3 heterocycles. The average molecular weight is 341 g/mol. The van der Waals surface area contributed by atoms with Crippen LogP contribution in [0.3, 0.4) is 0 Å². The highest BCUT2D eigenvalue weighted by Crippen LogP contribution is 2.43. The zero-order chi connectivity index (χ0) is 14.1. The summed E-state index contributed by atoms with van der Waals surface area (Å²) >= 11 is 3.45. The molecule has 1 amide bonds. The normalized spacial score (nSPS) is 25.9. The van der Waals surface area contributed by atoms with Gasteiger partial charge in [-0.1, -0.05) is 0 Å². The Bertz CT molecular complexity index is 523. The maximum Gasteiger partial charge on any atom is 0.232 e. The molecule has 108 valence electrons. The first-order valence-corrected chi connectivity index (χ1v) is 7.67. The van der Waals surface area contributed by atoms with Crippen LogP contribution in [0.1, 0.15) is 24.3 Å². The van der Waals surface area contributed by atoms with Crippen LogP contribution in [0, 0.1) is 5.92 Å². The highest BCUT2D eigenvalue weighted by molar-refractivity contribution is 9.10. The summed E-state index contributed by atoms with van der Waals surface area (Å²) in [6.07, 6.45) is 3.27. The summed E-state index contributed by atoms with van der Waals surface area (Å²) in [4.78, 5) is 18.7. The van der Waals surface area contributed by atoms with E-state index in [9.17, 15) is 9.90 Å². The predicted molar refractivity (Wildman–Crippen MR) is 77.7 cm³/mol. The molecule has 2 unspecified atom stereocenters. The number of rotatable bonds is 2. The van der Waals surface area contributed by atoms with Gasteiger partial charge in [0.1, 0.15) is 5.82 Å². The second-order valence-corrected chi connectivity index (χ2v) is 6.10. The third kappa shape index (κ3) is 2.36. The van der Waals surface area contributed by atoms with Crippen LogP contribution >= 0.6 is 15.9 Å². The highest BCUT2D eigenvalue weighted by atomic mass is 79.9. The number of amides is 1. The van der Waals surface area contributed by atoms with E-state index >= 15 is 0 Å². The van der Waals surface area contributed by atoms with Crippen molar-refractivity contribution < 1.29 is 14.6 Å². The number of pyridine rings is 1. The number of hydrogen-bond donors (Lipinski definition) is 1. The van der Waals surface area contributed by atoms with Gasteiger partial charge in [-0.3, -0.25) is 9.69 Å². The van der Waals surface area contributed by atoms with Crippen molar-refractivity contribution in [2.24, 2.45) is 5.92 Å². The number of hydrogen-bond acceptors (Lipinski definition) is 4. The number of anilines is 1. The lowest BCUT2D eigenvalue weighted by Gasteiger charge is -2.37. The van der Waals surface area contributed by atoms with Gasteiger partial charge in [-0.05, 0) is 34.8 Å². The van der Waals surface area contributed by atoms with E-state index in [1.807, 2.05) is 6.07 Å². The molecule has 2 aliphatic rings. The molecule has 1 saturated heterocycles. The molecule has 1 aromatic heterocycles. The molecule has 0 bridgehead atoms. The number of β-amino-alcohol motifs (C(OH)–C–C–N with tert-alkyl or cyclic N) is 1. The topological polar surface area (TPSA) is 62.7 Å². The summed E-state index contributed by atoms with van der Waals surface area (Å²) < 4.78 is 6.44. The molecule has 0 radical (unpaired) electrons. The van der Waals surface area contributed by atoms with Crippen molar-refractivity contribution >= 4 is 27.7 Å². The van der Waals surface area contributed by atoms with Gasteiger partial charge in [-0.25, -0.2) is 4.98 Å². The Hall–Kier alpha value is -0.980. The number of aliphatic hydroxyl groups is 1. The standard InChI is InChI=1S/C14H17BrN2O3/c15-9-7-12-10-1-5-20-6-2-11(10)14(19)17(3-4-18)13(12)16-8-9/h7-8,10-11,18H,1-6H2. The smallest absolute Gasteiger partial charge is 0.232 e. The maximum absolute atomic E-state index is 12.7. The van der Waals surface area contributed by atoms with Crippen LogP contribution in [-0.2, 0) is 9.53 Å². The maximum atomic E-state index is 12.7. The van der Waals surface area contributed by atoms with Crippen LogP contribution in [0.2, 0.25) is 0 Å². The molecule has 6 heteroatoms. The molecule has 1 N–H and O–H groups in total. The number of nitrogens with zero attached hydrogens (tertiary/aromatic N) is 2. The molecule has 0 spiro atoms. The van der Waals surface area contributed by atoms with Gasteiger partial charge in [0, 0.05) is 41.3 Å². The minimum atomic E-state index is -0.0624. The van der Waals surface area contributed by atoms with Crippen LogP contribution in [0.4, 0.5) is 5.82 Å². The zero-order valence-corrected chi connectivity index (χ0v) is 12.7. The Morgan fingerprint density at radius 1 is 1.40 bits per heavy atom. The van der Waals surface area contributed by atoms with Gasteiger partial charge in [0.05, 0.1) is 13.2 Å². The SMILES string of the molecule is O=C1C2CCOCCC2c2cc(Br)cnc2N1CCO. The summed E-state index contributed by atoms with van der Waals surface area (Å²) in [6.45, 7) is 1.54. The van der Waals surface area contributed by atoms with E-state index in [1.165, 1.54) is 0 Å². The molecule has 20 heavy (non-hydrogen) atoms. The Labute approximate surface area is 126 Å². The molecular weight excluding hydrogens is 324 g/mol. The van der Waals surface area contributed by atoms with Gasteiger partial charge in [0.2, 0.25) is 5.91 Å². The van der Waals surface area contributed by atoms with Crippen LogP contribution in [-0.4, -0.2) is 42.4 Å². The van der Waals surface area contributed by atoms with E-state index in [-0.39, 0.29) is 24.3 Å². The van der Waals surface area contributed by atoms with Crippen molar-refractivity contribution in [1.82, 2.24) is 4.98 Å². The van der Waals surface area contributed by atoms with Crippen molar-refractivity contribution in [3.8, 4) is 0 Å². The second kappa shape index (κ2) is 5.79. The van der Waals surface area contributed by atoms with Crippen molar-refractivity contribution in [1.29, 1.82) is 0 Å². The molecule has 0 aromatic carbocycles. The van der Waals surface area contributed by atoms with Gasteiger partial charge in [0.15, 0.2) is 0 Å². The first-order valence-electron chi connectivity index (χ1n) is 6.88. The van der Waals surface area contributed by atoms with E-state index in [4.69, 9.17) is 4.74 Å². The van der Waals surface area contributed by atoms with Gasteiger partial charge in [-0.2, -0.15) is 0 Å². The summed E-state index contributed by atoms with van der Waals surface area (Å²) in [5.74, 6) is 0.861. The lowest BCUT2D eigenvalue weighted by molar-refractivity contribution is -0.124. The monoisotopic (exact) mass is 340 g/mol. The zero-order valence-electron chi connectivity index (χ0n) is 11.1. The Morgan fingerprint density at radius 3 is 2.90 bits per heavy atom. The first kappa shape index (κ1) is 14.0. The van der Waals surface area contributed by atoms with Crippen LogP contribution in [0.25, 0.3) is 0 Å². The highest BCUT2D eigenvalue weighted by Gasteiger charge is 2.41. The predicted octanol–water partition coefficient (Wildman–Crippen LogP) is 1.69. The van der Waals surface area contributed by atoms with Crippen molar-refractivity contribution in [2.75, 3.05) is 31.3 Å². The molecule has 2 atom stereocenters. The van der Waals surface area contributed by atoms with E-state index in [1.54, 1.807) is 11.1 Å². The van der Waals surface area contributed by atoms with Crippen molar-refractivity contribution in [3.63, 3.8) is 0 Å². The molecular formula is C14H17BrN2O3. The van der Waals surface area contributed by atoms with Crippen LogP contribution in [0.15, 0.2) is 16.7 Å². The van der Waals surface area contributed by atoms with Gasteiger partial charge < -0.3 is 9.84 Å². The van der Waals surface area contributed by atoms with Gasteiger partial charge in [-0.15, -0.1) is 0 Å². The van der Waals surface area contributed by atoms with E-state index in [2.05, 4.69) is 20.9 Å². The van der Waals surface area contributed by atoms with Gasteiger partial charge in [0.25, 0.3) is 0 Å². The number of ether oxygens (including phenoxy) is 1. The molecule has 2 aliphatic heterocycles. The van der Waals surface area contributed by atoms with Crippen molar-refractivity contribution in [2.45, 2.75) is 18.8 Å². The molecule has 3 rings (SSSR count). The number of fused-ring (bicyclic) bond motifs is 3. The fourth-order valence-corrected chi connectivity index (χ4v) is 3.51. The number of carbonyl (C=O) groups is 1. The quantitative estimate of drug-likeness (QED) is 0.889. The van der Waals surface area contributed by atoms with Crippen molar-refractivity contribution in [3.05, 3.63) is 22.3 Å². The number of halogens is 1. The molecule has 0 saturated carbocycles. The minimum Gasteiger partial charge on any atom is -0.395 e. The minimum absolute atomic E-state index is 0.0587. The van der Waals surface area contributed by atoms with E-state index < -0.39 is 0 Å². The van der Waals surface area contributed by atoms with Crippen LogP contribution in [0.5, 0.6) is 0 Å². The fourth-order valence-electron chi connectivity index (χ4n) is 3.16. The number of carbonyl (C=O) groups excluding carboxylic acids is 1. The summed E-state index contributed by atoms with van der Waals surface area (Å²) in [5.41, 5.74) is 1.09. The number of aromatic nitrogens is 1. The summed E-state index contributed by atoms with van der Waals surface area (Å²) in [7, 11) is 0. The fraction of sp³-hybridized carbons (Fsp3) is 0.571. The Kier molecular flexibility index (Phi) is 4.05. The van der Waals surface area contributed by atoms with Crippen LogP contribution < -0.4 is 4.90 Å². The third-order valence-electron chi connectivity index (χ3n) is 4.06. The van der Waals surface area contributed by atoms with Gasteiger partial charge >= 0.3 is 0 Å². The summed E-state index contributed by atoms with van der Waals surface area (Å²) in [6, 6.07) is 2.04. The molecule has 1 fully saturated rings. The average Bonchev–Trinajstić information content (AvgIpc) is 2.69. The third-order valence-corrected chi connectivity index (χ3v) is 4.49. The summed E-state index contributed by atoms with van der Waals surface area (Å²) in [5, 5.41) is 9.21. The Balaban J connectivity index is 2.08. The molecule has 5 nitrogen and oxygen atoms in total. The lowest BCUT2D eigenvalue weighted by atomic mass is 9.79. The number of aliphatic hydroxyl groups excluding tert-OH is 1. The molecule has 0 aliphatic carbocycles. The van der Waals surface area contributed by atoms with E-state index in [0.29, 0.717) is 25.6 Å². The van der Waals surface area contributed by atoms with E-state index in [0.717, 1.165) is 22.9 Å². The first-order chi connectivity index (χ1) is 9.72. The Morgan fingerprint density at radius 2 is 2.15 bits per heavy atom. The largest absolute Gasteiger partial charge is 0.395 e. The molecule has 1 aromatic rings. The second-order valence-electron chi connectivity index (χ2n) is 5.18. The lowest BCUT2D eigenvalue weighted by Crippen LogP contribution is -2.45.